The number of aromatic carboxylic acids is 1. The molecule has 0 bridgehead atoms. The second kappa shape index (κ2) is 9.25. The van der Waals surface area contributed by atoms with Crippen molar-refractivity contribution in [3.63, 3.8) is 0 Å². The summed E-state index contributed by atoms with van der Waals surface area (Å²) in [6.07, 6.45) is 0. The van der Waals surface area contributed by atoms with Crippen LogP contribution in [0.25, 0.3) is 0 Å². The monoisotopic (exact) mass is 210 g/mol. The molecule has 15 heavy (non-hydrogen) atoms. The van der Waals surface area contributed by atoms with E-state index < -0.39 is 5.97 Å². The molecule has 0 aliphatic rings. The van der Waals surface area contributed by atoms with Crippen molar-refractivity contribution in [3.05, 3.63) is 34.9 Å². The molecule has 0 aromatic heterocycles. The van der Waals surface area contributed by atoms with E-state index in [9.17, 15) is 4.79 Å². The standard InChI is InChI=1S/C9H10O2.2C2H6/c1-6-3-4-7(2)8(5-6)9(10)11;2*1-2/h3-5H,1-2H3,(H,10,11);2*1-2H3. The lowest BCUT2D eigenvalue weighted by atomic mass is 10.1. The van der Waals surface area contributed by atoms with Crippen LogP contribution < -0.4 is 0 Å². The van der Waals surface area contributed by atoms with Crippen LogP contribution >= 0.6 is 0 Å². The van der Waals surface area contributed by atoms with E-state index in [1.54, 1.807) is 13.0 Å². The highest BCUT2D eigenvalue weighted by molar-refractivity contribution is 5.89. The summed E-state index contributed by atoms with van der Waals surface area (Å²) in [7, 11) is 0. The molecule has 0 aliphatic heterocycles. The Bertz CT molecular complexity index is 291. The van der Waals surface area contributed by atoms with Gasteiger partial charge in [-0.25, -0.2) is 4.79 Å². The molecule has 1 rings (SSSR count). The summed E-state index contributed by atoms with van der Waals surface area (Å²) in [5.41, 5.74) is 2.18. The third kappa shape index (κ3) is 5.89. The first-order valence-electron chi connectivity index (χ1n) is 5.42. The van der Waals surface area contributed by atoms with Crippen LogP contribution in [0.5, 0.6) is 0 Å². The van der Waals surface area contributed by atoms with E-state index in [0.717, 1.165) is 11.1 Å². The van der Waals surface area contributed by atoms with Crippen molar-refractivity contribution >= 4 is 5.97 Å². The Balaban J connectivity index is 0. The minimum atomic E-state index is -0.855. The van der Waals surface area contributed by atoms with Gasteiger partial charge in [-0.15, -0.1) is 0 Å². The number of rotatable bonds is 1. The molecule has 0 atom stereocenters. The SMILES string of the molecule is CC.CC.Cc1ccc(C)c(C(=O)O)c1. The highest BCUT2D eigenvalue weighted by atomic mass is 16.4. The van der Waals surface area contributed by atoms with Crippen molar-refractivity contribution in [2.24, 2.45) is 0 Å². The molecule has 0 amide bonds. The second-order valence-electron chi connectivity index (χ2n) is 2.62. The molecule has 0 heterocycles. The van der Waals surface area contributed by atoms with Gasteiger partial charge in [-0.1, -0.05) is 45.4 Å². The van der Waals surface area contributed by atoms with Crippen LogP contribution in [0, 0.1) is 13.8 Å². The predicted molar refractivity (Wildman–Crippen MR) is 65.6 cm³/mol. The average molecular weight is 210 g/mol. The zero-order chi connectivity index (χ0) is 12.4. The Hall–Kier alpha value is -1.31. The zero-order valence-corrected chi connectivity index (χ0v) is 10.6. The maximum absolute atomic E-state index is 10.6. The molecule has 0 spiro atoms. The molecule has 2 heteroatoms. The first-order valence-corrected chi connectivity index (χ1v) is 5.42. The fraction of sp³-hybridized carbons (Fsp3) is 0.462. The largest absolute Gasteiger partial charge is 0.478 e. The zero-order valence-electron chi connectivity index (χ0n) is 10.6. The van der Waals surface area contributed by atoms with E-state index >= 15 is 0 Å². The topological polar surface area (TPSA) is 37.3 Å². The van der Waals surface area contributed by atoms with E-state index in [4.69, 9.17) is 5.11 Å². The number of carboxylic acids is 1. The van der Waals surface area contributed by atoms with E-state index in [0.29, 0.717) is 5.56 Å². The number of hydrogen-bond acceptors (Lipinski definition) is 1. The molecule has 0 fully saturated rings. The summed E-state index contributed by atoms with van der Waals surface area (Å²) < 4.78 is 0. The Kier molecular flexibility index (Phi) is 9.95. The number of carbonyl (C=O) groups is 1. The van der Waals surface area contributed by atoms with E-state index in [1.807, 2.05) is 46.8 Å². The predicted octanol–water partition coefficient (Wildman–Crippen LogP) is 4.05. The van der Waals surface area contributed by atoms with Crippen molar-refractivity contribution < 1.29 is 9.90 Å². The molecule has 0 unspecified atom stereocenters. The summed E-state index contributed by atoms with van der Waals surface area (Å²) in [4.78, 5) is 10.6. The molecule has 86 valence electrons. The van der Waals surface area contributed by atoms with Gasteiger partial charge in [0.25, 0.3) is 0 Å². The number of benzene rings is 1. The highest BCUT2D eigenvalue weighted by Crippen LogP contribution is 2.09. The average Bonchev–Trinajstić information content (AvgIpc) is 2.27. The van der Waals surface area contributed by atoms with Crippen LogP contribution in [0.2, 0.25) is 0 Å². The van der Waals surface area contributed by atoms with Crippen LogP contribution in [0.3, 0.4) is 0 Å². The number of hydrogen-bond donors (Lipinski definition) is 1. The van der Waals surface area contributed by atoms with Gasteiger partial charge >= 0.3 is 5.97 Å². The summed E-state index contributed by atoms with van der Waals surface area (Å²) in [5.74, 6) is -0.855. The highest BCUT2D eigenvalue weighted by Gasteiger charge is 2.05. The normalized spacial score (nSPS) is 7.87. The fourth-order valence-electron chi connectivity index (χ4n) is 0.966. The van der Waals surface area contributed by atoms with Gasteiger partial charge in [0, 0.05) is 0 Å². The molecule has 1 N–H and O–H groups in total. The van der Waals surface area contributed by atoms with Gasteiger partial charge in [0.1, 0.15) is 0 Å². The van der Waals surface area contributed by atoms with Crippen molar-refractivity contribution in [1.29, 1.82) is 0 Å². The van der Waals surface area contributed by atoms with Crippen LogP contribution in [0.15, 0.2) is 18.2 Å². The maximum atomic E-state index is 10.6. The van der Waals surface area contributed by atoms with Crippen LogP contribution in [0.4, 0.5) is 0 Å². The molecule has 0 radical (unpaired) electrons. The lowest BCUT2D eigenvalue weighted by Gasteiger charge is -2.00. The molecule has 0 saturated heterocycles. The summed E-state index contributed by atoms with van der Waals surface area (Å²) in [6.45, 7) is 11.7. The quantitative estimate of drug-likeness (QED) is 0.759. The molecular weight excluding hydrogens is 188 g/mol. The van der Waals surface area contributed by atoms with E-state index in [2.05, 4.69) is 0 Å². The Morgan fingerprint density at radius 3 is 1.87 bits per heavy atom. The third-order valence-corrected chi connectivity index (χ3v) is 1.62. The van der Waals surface area contributed by atoms with Crippen molar-refractivity contribution in [2.45, 2.75) is 41.5 Å². The van der Waals surface area contributed by atoms with Gasteiger partial charge in [-0.2, -0.15) is 0 Å². The first kappa shape index (κ1) is 16.1. The van der Waals surface area contributed by atoms with Gasteiger partial charge < -0.3 is 5.11 Å². The minimum Gasteiger partial charge on any atom is -0.478 e. The van der Waals surface area contributed by atoms with Crippen molar-refractivity contribution in [2.75, 3.05) is 0 Å². The summed E-state index contributed by atoms with van der Waals surface area (Å²) in [6, 6.07) is 5.40. The van der Waals surface area contributed by atoms with Crippen molar-refractivity contribution in [3.8, 4) is 0 Å². The summed E-state index contributed by atoms with van der Waals surface area (Å²) in [5, 5.41) is 8.69. The molecular formula is C13H22O2. The third-order valence-electron chi connectivity index (χ3n) is 1.62. The molecule has 0 aliphatic carbocycles. The van der Waals surface area contributed by atoms with Gasteiger partial charge in [0.15, 0.2) is 0 Å². The number of aryl methyl sites for hydroxylation is 2. The molecule has 1 aromatic rings. The number of carboxylic acid groups (broad SMARTS) is 1. The van der Waals surface area contributed by atoms with Gasteiger partial charge in [-0.05, 0) is 25.5 Å². The second-order valence-corrected chi connectivity index (χ2v) is 2.62. The molecule has 1 aromatic carbocycles. The van der Waals surface area contributed by atoms with Gasteiger partial charge in [-0.3, -0.25) is 0 Å². The van der Waals surface area contributed by atoms with Crippen molar-refractivity contribution in [1.82, 2.24) is 0 Å². The van der Waals surface area contributed by atoms with Crippen LogP contribution in [-0.4, -0.2) is 11.1 Å². The first-order chi connectivity index (χ1) is 7.11. The minimum absolute atomic E-state index is 0.394. The Morgan fingerprint density at radius 2 is 1.53 bits per heavy atom. The van der Waals surface area contributed by atoms with E-state index in [-0.39, 0.29) is 0 Å². The summed E-state index contributed by atoms with van der Waals surface area (Å²) >= 11 is 0. The Labute approximate surface area is 93.0 Å². The van der Waals surface area contributed by atoms with Gasteiger partial charge in [0.2, 0.25) is 0 Å². The van der Waals surface area contributed by atoms with E-state index in [1.165, 1.54) is 0 Å². The maximum Gasteiger partial charge on any atom is 0.335 e. The molecule has 0 saturated carbocycles. The van der Waals surface area contributed by atoms with Gasteiger partial charge in [0.05, 0.1) is 5.56 Å². The Morgan fingerprint density at radius 1 is 1.07 bits per heavy atom. The fourth-order valence-corrected chi connectivity index (χ4v) is 0.966. The lowest BCUT2D eigenvalue weighted by molar-refractivity contribution is 0.0696. The van der Waals surface area contributed by atoms with Crippen LogP contribution in [-0.2, 0) is 0 Å². The molecule has 2 nitrogen and oxygen atoms in total. The van der Waals surface area contributed by atoms with Crippen LogP contribution in [0.1, 0.15) is 49.2 Å². The lowest BCUT2D eigenvalue weighted by Crippen LogP contribution is -1.99. The smallest absolute Gasteiger partial charge is 0.335 e.